The zero-order valence-corrected chi connectivity index (χ0v) is 9.77. The summed E-state index contributed by atoms with van der Waals surface area (Å²) in [5.74, 6) is -1.73. The molecule has 17 heavy (non-hydrogen) atoms. The molecule has 0 amide bonds. The fraction of sp³-hybridized carbons (Fsp3) is 0.125. The van der Waals surface area contributed by atoms with Gasteiger partial charge in [0.15, 0.2) is 0 Å². The molecule has 9 heteroatoms. The molecule has 0 aliphatic rings. The molecule has 0 fully saturated rings. The molecule has 0 saturated carbocycles. The van der Waals surface area contributed by atoms with Gasteiger partial charge < -0.3 is 4.18 Å². The molecular formula is C8H6ClNO6S. The van der Waals surface area contributed by atoms with E-state index in [0.29, 0.717) is 0 Å². The number of carbonyl (C=O) groups is 1. The highest BCUT2D eigenvalue weighted by Crippen LogP contribution is 2.17. The monoisotopic (exact) mass is 279 g/mol. The van der Waals surface area contributed by atoms with Crippen molar-refractivity contribution in [3.63, 3.8) is 0 Å². The Labute approximate surface area is 101 Å². The van der Waals surface area contributed by atoms with Crippen LogP contribution in [-0.2, 0) is 19.1 Å². The molecule has 0 saturated heterocycles. The number of benzene rings is 1. The Morgan fingerprint density at radius 3 is 2.29 bits per heavy atom. The maximum Gasteiger partial charge on any atom is 0.341 e. The van der Waals surface area contributed by atoms with E-state index < -0.39 is 26.9 Å². The second kappa shape index (κ2) is 5.11. The van der Waals surface area contributed by atoms with Gasteiger partial charge in [-0.15, -0.1) is 11.6 Å². The molecule has 0 spiro atoms. The van der Waals surface area contributed by atoms with Crippen molar-refractivity contribution < 1.29 is 22.3 Å². The first-order valence-electron chi connectivity index (χ1n) is 4.14. The van der Waals surface area contributed by atoms with Crippen molar-refractivity contribution in [3.05, 3.63) is 34.4 Å². The number of nitro groups is 1. The molecule has 1 aromatic carbocycles. The third kappa shape index (κ3) is 3.40. The largest absolute Gasteiger partial charge is 0.341 e. The van der Waals surface area contributed by atoms with Crippen LogP contribution in [0.15, 0.2) is 29.2 Å². The maximum atomic E-state index is 11.4. The Kier molecular flexibility index (Phi) is 4.02. The van der Waals surface area contributed by atoms with E-state index in [1.807, 2.05) is 0 Å². The normalized spacial score (nSPS) is 10.9. The molecule has 0 unspecified atom stereocenters. The lowest BCUT2D eigenvalue weighted by Crippen LogP contribution is -2.14. The van der Waals surface area contributed by atoms with Crippen LogP contribution >= 0.6 is 11.6 Å². The number of rotatable bonds is 4. The van der Waals surface area contributed by atoms with Crippen LogP contribution in [0.1, 0.15) is 0 Å². The molecule has 0 aromatic heterocycles. The van der Waals surface area contributed by atoms with Gasteiger partial charge in [0.05, 0.1) is 4.92 Å². The lowest BCUT2D eigenvalue weighted by atomic mass is 10.3. The molecular weight excluding hydrogens is 274 g/mol. The molecule has 0 atom stereocenters. The number of nitro benzene ring substituents is 1. The fourth-order valence-electron chi connectivity index (χ4n) is 0.927. The first kappa shape index (κ1) is 13.4. The number of halogens is 1. The Morgan fingerprint density at radius 1 is 1.35 bits per heavy atom. The van der Waals surface area contributed by atoms with Gasteiger partial charge >= 0.3 is 16.1 Å². The molecule has 7 nitrogen and oxygen atoms in total. The van der Waals surface area contributed by atoms with E-state index in [1.54, 1.807) is 0 Å². The average Bonchev–Trinajstić information content (AvgIpc) is 2.28. The highest BCUT2D eigenvalue weighted by atomic mass is 35.5. The van der Waals surface area contributed by atoms with Crippen molar-refractivity contribution >= 4 is 33.4 Å². The summed E-state index contributed by atoms with van der Waals surface area (Å²) in [6.45, 7) is 0. The van der Waals surface area contributed by atoms with Crippen molar-refractivity contribution in [2.75, 3.05) is 5.88 Å². The SMILES string of the molecule is O=C(CCl)OS(=O)(=O)c1ccc([N+](=O)[O-])cc1. The summed E-state index contributed by atoms with van der Waals surface area (Å²) in [5, 5.41) is 10.3. The first-order valence-corrected chi connectivity index (χ1v) is 6.09. The minimum absolute atomic E-state index is 0.271. The Hall–Kier alpha value is -1.67. The Bertz CT molecular complexity index is 538. The second-order valence-corrected chi connectivity index (χ2v) is 4.61. The quantitative estimate of drug-likeness (QED) is 0.353. The molecule has 0 aliphatic carbocycles. The molecule has 0 heterocycles. The summed E-state index contributed by atoms with van der Waals surface area (Å²) in [6, 6.07) is 3.91. The number of alkyl halides is 1. The van der Waals surface area contributed by atoms with E-state index in [9.17, 15) is 23.3 Å². The van der Waals surface area contributed by atoms with E-state index in [1.165, 1.54) is 0 Å². The van der Waals surface area contributed by atoms with E-state index >= 15 is 0 Å². The number of carbonyl (C=O) groups excluding carboxylic acids is 1. The van der Waals surface area contributed by atoms with Crippen LogP contribution in [0.3, 0.4) is 0 Å². The van der Waals surface area contributed by atoms with E-state index in [0.717, 1.165) is 24.3 Å². The van der Waals surface area contributed by atoms with Gasteiger partial charge in [-0.05, 0) is 12.1 Å². The summed E-state index contributed by atoms with van der Waals surface area (Å²) < 4.78 is 26.9. The summed E-state index contributed by atoms with van der Waals surface area (Å²) in [5.41, 5.74) is -0.271. The summed E-state index contributed by atoms with van der Waals surface area (Å²) >= 11 is 5.08. The predicted octanol–water partition coefficient (Wildman–Crippen LogP) is 1.07. The van der Waals surface area contributed by atoms with Crippen LogP contribution in [0, 0.1) is 10.1 Å². The van der Waals surface area contributed by atoms with Gasteiger partial charge in [-0.25, -0.2) is 4.79 Å². The Morgan fingerprint density at radius 2 is 1.88 bits per heavy atom. The average molecular weight is 280 g/mol. The zero-order chi connectivity index (χ0) is 13.1. The van der Waals surface area contributed by atoms with Gasteiger partial charge in [-0.1, -0.05) is 0 Å². The highest BCUT2D eigenvalue weighted by molar-refractivity contribution is 7.87. The van der Waals surface area contributed by atoms with Crippen LogP contribution in [-0.4, -0.2) is 25.2 Å². The van der Waals surface area contributed by atoms with Gasteiger partial charge in [0, 0.05) is 12.1 Å². The van der Waals surface area contributed by atoms with Crippen molar-refractivity contribution in [2.24, 2.45) is 0 Å². The number of hydrogen-bond acceptors (Lipinski definition) is 6. The van der Waals surface area contributed by atoms with E-state index in [2.05, 4.69) is 4.18 Å². The van der Waals surface area contributed by atoms with Crippen LogP contribution in [0.2, 0.25) is 0 Å². The number of hydrogen-bond donors (Lipinski definition) is 0. The molecule has 1 aromatic rings. The first-order chi connectivity index (χ1) is 7.86. The number of non-ortho nitro benzene ring substituents is 1. The minimum atomic E-state index is -4.27. The summed E-state index contributed by atoms with van der Waals surface area (Å²) in [7, 11) is -4.27. The molecule has 0 bridgehead atoms. The second-order valence-electron chi connectivity index (χ2n) is 2.79. The highest BCUT2D eigenvalue weighted by Gasteiger charge is 2.20. The van der Waals surface area contributed by atoms with E-state index in [4.69, 9.17) is 11.6 Å². The van der Waals surface area contributed by atoms with Crippen molar-refractivity contribution in [1.29, 1.82) is 0 Å². The van der Waals surface area contributed by atoms with Gasteiger partial charge in [0.25, 0.3) is 5.69 Å². The maximum absolute atomic E-state index is 11.4. The molecule has 1 rings (SSSR count). The van der Waals surface area contributed by atoms with E-state index in [-0.39, 0.29) is 10.6 Å². The van der Waals surface area contributed by atoms with Gasteiger partial charge in [0.1, 0.15) is 10.8 Å². The lowest BCUT2D eigenvalue weighted by Gasteiger charge is -2.03. The number of nitrogens with zero attached hydrogens (tertiary/aromatic N) is 1. The van der Waals surface area contributed by atoms with Crippen LogP contribution < -0.4 is 0 Å². The molecule has 92 valence electrons. The summed E-state index contributed by atoms with van der Waals surface area (Å²) in [4.78, 5) is 20.0. The van der Waals surface area contributed by atoms with Crippen molar-refractivity contribution in [3.8, 4) is 0 Å². The van der Waals surface area contributed by atoms with Crippen molar-refractivity contribution in [2.45, 2.75) is 4.90 Å². The van der Waals surface area contributed by atoms with Crippen LogP contribution in [0.25, 0.3) is 0 Å². The minimum Gasteiger partial charge on any atom is -0.341 e. The fourth-order valence-corrected chi connectivity index (χ4v) is 1.92. The van der Waals surface area contributed by atoms with Gasteiger partial charge in [-0.3, -0.25) is 10.1 Å². The van der Waals surface area contributed by atoms with Gasteiger partial charge in [-0.2, -0.15) is 8.42 Å². The lowest BCUT2D eigenvalue weighted by molar-refractivity contribution is -0.384. The topological polar surface area (TPSA) is 104 Å². The molecule has 0 radical (unpaired) electrons. The van der Waals surface area contributed by atoms with Crippen molar-refractivity contribution in [1.82, 2.24) is 0 Å². The third-order valence-corrected chi connectivity index (χ3v) is 3.12. The predicted molar refractivity (Wildman–Crippen MR) is 57.1 cm³/mol. The zero-order valence-electron chi connectivity index (χ0n) is 8.20. The van der Waals surface area contributed by atoms with Crippen LogP contribution in [0.5, 0.6) is 0 Å². The third-order valence-electron chi connectivity index (χ3n) is 1.65. The Balaban J connectivity index is 3.00. The van der Waals surface area contributed by atoms with Crippen LogP contribution in [0.4, 0.5) is 5.69 Å². The molecule has 0 N–H and O–H groups in total. The van der Waals surface area contributed by atoms with Gasteiger partial charge in [0.2, 0.25) is 0 Å². The molecule has 0 aliphatic heterocycles. The standard InChI is InChI=1S/C8H6ClNO6S/c9-5-8(11)16-17(14,15)7-3-1-6(2-4-7)10(12)13/h1-4H,5H2. The smallest absolute Gasteiger partial charge is 0.341 e. The summed E-state index contributed by atoms with van der Waals surface area (Å²) in [6.07, 6.45) is 0.